The van der Waals surface area contributed by atoms with Crippen LogP contribution in [0.5, 0.6) is 0 Å². The minimum atomic E-state index is -3.29. The molecule has 1 aromatic rings. The summed E-state index contributed by atoms with van der Waals surface area (Å²) < 4.78 is 25.6. The average molecular weight is 286 g/mol. The van der Waals surface area contributed by atoms with Crippen LogP contribution in [0.2, 0.25) is 0 Å². The minimum absolute atomic E-state index is 0.0182. The van der Waals surface area contributed by atoms with E-state index in [0.717, 1.165) is 0 Å². The van der Waals surface area contributed by atoms with Crippen LogP contribution in [0.15, 0.2) is 24.3 Å². The molecule has 0 aromatic heterocycles. The predicted molar refractivity (Wildman–Crippen MR) is 73.6 cm³/mol. The molecule has 1 N–H and O–H groups in total. The first-order valence-electron chi connectivity index (χ1n) is 6.08. The summed E-state index contributed by atoms with van der Waals surface area (Å²) in [6.07, 6.45) is 0.537. The number of nitro benzene ring substituents is 1. The van der Waals surface area contributed by atoms with Gasteiger partial charge in [0.15, 0.2) is 0 Å². The third-order valence-corrected chi connectivity index (χ3v) is 4.30. The van der Waals surface area contributed by atoms with Gasteiger partial charge in [-0.1, -0.05) is 32.0 Å². The molecule has 0 saturated carbocycles. The molecule has 1 atom stereocenters. The van der Waals surface area contributed by atoms with Crippen LogP contribution < -0.4 is 4.72 Å². The maximum Gasteiger partial charge on any atom is 0.272 e. The Balaban J connectivity index is 2.79. The summed E-state index contributed by atoms with van der Waals surface area (Å²) in [5, 5.41) is 10.9. The number of sulfonamides is 1. The van der Waals surface area contributed by atoms with Crippen molar-refractivity contribution >= 4 is 15.7 Å². The fourth-order valence-electron chi connectivity index (χ4n) is 1.77. The van der Waals surface area contributed by atoms with E-state index in [9.17, 15) is 18.5 Å². The van der Waals surface area contributed by atoms with Crippen LogP contribution in [-0.2, 0) is 10.0 Å². The molecule has 19 heavy (non-hydrogen) atoms. The topological polar surface area (TPSA) is 89.3 Å². The van der Waals surface area contributed by atoms with E-state index in [0.29, 0.717) is 12.0 Å². The molecule has 0 heterocycles. The molecule has 0 aliphatic carbocycles. The van der Waals surface area contributed by atoms with Crippen molar-refractivity contribution in [2.45, 2.75) is 26.2 Å². The Morgan fingerprint density at radius 2 is 2.00 bits per heavy atom. The van der Waals surface area contributed by atoms with Gasteiger partial charge in [-0.15, -0.1) is 0 Å². The van der Waals surface area contributed by atoms with E-state index in [1.807, 2.05) is 0 Å². The molecule has 0 radical (unpaired) electrons. The Morgan fingerprint density at radius 3 is 2.58 bits per heavy atom. The summed E-state index contributed by atoms with van der Waals surface area (Å²) in [5.74, 6) is -0.190. The van der Waals surface area contributed by atoms with Crippen molar-refractivity contribution in [3.05, 3.63) is 39.9 Å². The number of para-hydroxylation sites is 1. The van der Waals surface area contributed by atoms with Crippen molar-refractivity contribution in [2.75, 3.05) is 12.3 Å². The quantitative estimate of drug-likeness (QED) is 0.613. The average Bonchev–Trinajstić information content (AvgIpc) is 2.36. The van der Waals surface area contributed by atoms with Gasteiger partial charge in [-0.05, 0) is 6.42 Å². The van der Waals surface area contributed by atoms with Crippen LogP contribution in [0.1, 0.15) is 31.7 Å². The van der Waals surface area contributed by atoms with Gasteiger partial charge in [0, 0.05) is 24.1 Å². The molecular weight excluding hydrogens is 268 g/mol. The Hall–Kier alpha value is -1.47. The number of nitrogens with zero attached hydrogens (tertiary/aromatic N) is 1. The smallest absolute Gasteiger partial charge is 0.258 e. The lowest BCUT2D eigenvalue weighted by atomic mass is 10.00. The summed E-state index contributed by atoms with van der Waals surface area (Å²) in [5.41, 5.74) is 0.552. The van der Waals surface area contributed by atoms with Crippen LogP contribution >= 0.6 is 0 Å². The van der Waals surface area contributed by atoms with Gasteiger partial charge in [-0.3, -0.25) is 10.1 Å². The van der Waals surface area contributed by atoms with Crippen LogP contribution in [-0.4, -0.2) is 25.6 Å². The van der Waals surface area contributed by atoms with Gasteiger partial charge in [0.05, 0.1) is 10.7 Å². The van der Waals surface area contributed by atoms with E-state index >= 15 is 0 Å². The van der Waals surface area contributed by atoms with Crippen molar-refractivity contribution in [1.29, 1.82) is 0 Å². The van der Waals surface area contributed by atoms with E-state index in [-0.39, 0.29) is 23.9 Å². The molecule has 0 spiro atoms. The molecule has 1 aromatic carbocycles. The summed E-state index contributed by atoms with van der Waals surface area (Å²) in [7, 11) is -3.29. The Kier molecular flexibility index (Phi) is 5.44. The lowest BCUT2D eigenvalue weighted by Gasteiger charge is -2.13. The first-order chi connectivity index (χ1) is 8.87. The number of rotatable bonds is 7. The predicted octanol–water partition coefficient (Wildman–Crippen LogP) is 2.03. The number of hydrogen-bond acceptors (Lipinski definition) is 4. The van der Waals surface area contributed by atoms with E-state index in [1.54, 1.807) is 32.0 Å². The van der Waals surface area contributed by atoms with Crippen molar-refractivity contribution in [2.24, 2.45) is 0 Å². The summed E-state index contributed by atoms with van der Waals surface area (Å²) in [6.45, 7) is 3.70. The molecule has 106 valence electrons. The normalized spacial score (nSPS) is 13.2. The van der Waals surface area contributed by atoms with Crippen molar-refractivity contribution in [3.8, 4) is 0 Å². The highest BCUT2D eigenvalue weighted by molar-refractivity contribution is 7.89. The highest BCUT2D eigenvalue weighted by atomic mass is 32.2. The standard InChI is InChI=1S/C12H18N2O4S/c1-3-8-19(17,18)13-9-10(2)11-6-4-5-7-12(11)14(15)16/h4-7,10,13H,3,8-9H2,1-2H3/t10-/m0/s1. The molecular formula is C12H18N2O4S. The second-order valence-electron chi connectivity index (χ2n) is 4.38. The number of nitrogens with one attached hydrogen (secondary N) is 1. The molecule has 0 unspecified atom stereocenters. The fourth-order valence-corrected chi connectivity index (χ4v) is 2.96. The molecule has 0 amide bonds. The SMILES string of the molecule is CCCS(=O)(=O)NC[C@H](C)c1ccccc1[N+](=O)[O-]. The first-order valence-corrected chi connectivity index (χ1v) is 7.73. The highest BCUT2D eigenvalue weighted by Gasteiger charge is 2.19. The van der Waals surface area contributed by atoms with E-state index in [1.165, 1.54) is 6.07 Å². The van der Waals surface area contributed by atoms with Gasteiger partial charge in [0.2, 0.25) is 10.0 Å². The van der Waals surface area contributed by atoms with E-state index < -0.39 is 14.9 Å². The summed E-state index contributed by atoms with van der Waals surface area (Å²) in [4.78, 5) is 10.4. The molecule has 0 bridgehead atoms. The zero-order chi connectivity index (χ0) is 14.5. The van der Waals surface area contributed by atoms with E-state index in [4.69, 9.17) is 0 Å². The fraction of sp³-hybridized carbons (Fsp3) is 0.500. The Bertz CT molecular complexity index is 542. The zero-order valence-electron chi connectivity index (χ0n) is 11.0. The van der Waals surface area contributed by atoms with Crippen molar-refractivity contribution in [1.82, 2.24) is 4.72 Å². The Morgan fingerprint density at radius 1 is 1.37 bits per heavy atom. The van der Waals surface area contributed by atoms with Crippen LogP contribution in [0, 0.1) is 10.1 Å². The molecule has 1 rings (SSSR count). The van der Waals surface area contributed by atoms with Gasteiger partial charge in [0.25, 0.3) is 5.69 Å². The molecule has 0 aliphatic rings. The van der Waals surface area contributed by atoms with Crippen molar-refractivity contribution < 1.29 is 13.3 Å². The number of nitro groups is 1. The first kappa shape index (κ1) is 15.6. The van der Waals surface area contributed by atoms with Gasteiger partial charge in [0.1, 0.15) is 0 Å². The number of hydrogen-bond donors (Lipinski definition) is 1. The van der Waals surface area contributed by atoms with Crippen LogP contribution in [0.3, 0.4) is 0 Å². The lowest BCUT2D eigenvalue weighted by Crippen LogP contribution is -2.29. The van der Waals surface area contributed by atoms with Crippen molar-refractivity contribution in [3.63, 3.8) is 0 Å². The van der Waals surface area contributed by atoms with Gasteiger partial charge in [-0.2, -0.15) is 0 Å². The maximum atomic E-state index is 11.5. The Labute approximate surface area is 113 Å². The summed E-state index contributed by atoms with van der Waals surface area (Å²) >= 11 is 0. The van der Waals surface area contributed by atoms with Gasteiger partial charge in [-0.25, -0.2) is 13.1 Å². The monoisotopic (exact) mass is 286 g/mol. The largest absolute Gasteiger partial charge is 0.272 e. The highest BCUT2D eigenvalue weighted by Crippen LogP contribution is 2.25. The molecule has 0 aliphatic heterocycles. The summed E-state index contributed by atoms with van der Waals surface area (Å²) in [6, 6.07) is 6.37. The second-order valence-corrected chi connectivity index (χ2v) is 6.31. The lowest BCUT2D eigenvalue weighted by molar-refractivity contribution is -0.385. The molecule has 7 heteroatoms. The van der Waals surface area contributed by atoms with Crippen LogP contribution in [0.4, 0.5) is 5.69 Å². The third-order valence-electron chi connectivity index (χ3n) is 2.75. The zero-order valence-corrected chi connectivity index (χ0v) is 11.8. The van der Waals surface area contributed by atoms with Crippen LogP contribution in [0.25, 0.3) is 0 Å². The molecule has 6 nitrogen and oxygen atoms in total. The van der Waals surface area contributed by atoms with Gasteiger partial charge >= 0.3 is 0 Å². The van der Waals surface area contributed by atoms with Gasteiger partial charge < -0.3 is 0 Å². The minimum Gasteiger partial charge on any atom is -0.258 e. The maximum absolute atomic E-state index is 11.5. The third kappa shape index (κ3) is 4.60. The molecule has 0 fully saturated rings. The molecule has 0 saturated heterocycles. The van der Waals surface area contributed by atoms with E-state index in [2.05, 4.69) is 4.72 Å². The second kappa shape index (κ2) is 6.63. The number of benzene rings is 1.